The molecular formula is C24H24BrNO4S. The molecule has 0 aliphatic carbocycles. The number of halogens is 1. The van der Waals surface area contributed by atoms with Crippen LogP contribution in [0.4, 0.5) is 5.00 Å². The first-order valence-electron chi connectivity index (χ1n) is 9.99. The van der Waals surface area contributed by atoms with Gasteiger partial charge in [-0.15, -0.1) is 11.3 Å². The Balaban J connectivity index is 1.79. The molecule has 0 saturated heterocycles. The van der Waals surface area contributed by atoms with Crippen molar-refractivity contribution in [1.29, 1.82) is 0 Å². The Labute approximate surface area is 194 Å². The number of benzene rings is 2. The van der Waals surface area contributed by atoms with E-state index >= 15 is 0 Å². The summed E-state index contributed by atoms with van der Waals surface area (Å²) in [6.45, 7) is 5.88. The number of ether oxygens (including phenoxy) is 2. The number of anilines is 1. The minimum absolute atomic E-state index is 0.165. The van der Waals surface area contributed by atoms with E-state index in [4.69, 9.17) is 9.47 Å². The van der Waals surface area contributed by atoms with Crippen LogP contribution in [0.5, 0.6) is 5.75 Å². The maximum Gasteiger partial charge on any atom is 0.341 e. The Morgan fingerprint density at radius 3 is 2.48 bits per heavy atom. The van der Waals surface area contributed by atoms with Gasteiger partial charge in [-0.25, -0.2) is 4.79 Å². The molecule has 7 heteroatoms. The van der Waals surface area contributed by atoms with Crippen molar-refractivity contribution in [2.24, 2.45) is 0 Å². The molecule has 0 saturated carbocycles. The molecule has 0 unspecified atom stereocenters. The van der Waals surface area contributed by atoms with Crippen LogP contribution in [-0.2, 0) is 16.0 Å². The van der Waals surface area contributed by atoms with E-state index in [0.717, 1.165) is 27.6 Å². The summed E-state index contributed by atoms with van der Waals surface area (Å²) in [6.07, 6.45) is 0.938. The Morgan fingerprint density at radius 2 is 1.84 bits per heavy atom. The molecule has 0 fully saturated rings. The maximum atomic E-state index is 12.7. The predicted octanol–water partition coefficient (Wildman–Crippen LogP) is 6.24. The third kappa shape index (κ3) is 5.74. The average Bonchev–Trinajstić information content (AvgIpc) is 3.18. The van der Waals surface area contributed by atoms with Crippen LogP contribution in [0.15, 0.2) is 52.3 Å². The zero-order chi connectivity index (χ0) is 22.4. The van der Waals surface area contributed by atoms with Crippen LogP contribution in [0.3, 0.4) is 0 Å². The molecule has 5 nitrogen and oxygen atoms in total. The lowest BCUT2D eigenvalue weighted by Crippen LogP contribution is -2.21. The molecular weight excluding hydrogens is 478 g/mol. The van der Waals surface area contributed by atoms with Crippen molar-refractivity contribution in [2.75, 3.05) is 18.5 Å². The van der Waals surface area contributed by atoms with Gasteiger partial charge in [0.15, 0.2) is 6.61 Å². The highest BCUT2D eigenvalue weighted by atomic mass is 79.9. The highest BCUT2D eigenvalue weighted by molar-refractivity contribution is 9.10. The standard InChI is InChI=1S/C24H24BrNO4S/c1-4-16-6-8-17(9-7-16)19-14-31-23(22(19)24(28)29-5-2)26-21(27)13-30-18-10-11-20(25)15(3)12-18/h6-12,14H,4-5,13H2,1-3H3,(H,26,27). The van der Waals surface area contributed by atoms with Crippen LogP contribution in [0, 0.1) is 6.92 Å². The first kappa shape index (κ1) is 23.0. The fourth-order valence-electron chi connectivity index (χ4n) is 3.01. The average molecular weight is 502 g/mol. The van der Waals surface area contributed by atoms with E-state index in [1.807, 2.05) is 48.7 Å². The number of nitrogens with one attached hydrogen (secondary N) is 1. The van der Waals surface area contributed by atoms with Gasteiger partial charge in [0, 0.05) is 15.4 Å². The zero-order valence-electron chi connectivity index (χ0n) is 17.7. The molecule has 0 bridgehead atoms. The van der Waals surface area contributed by atoms with Gasteiger partial charge >= 0.3 is 5.97 Å². The normalized spacial score (nSPS) is 10.6. The molecule has 1 aromatic heterocycles. The van der Waals surface area contributed by atoms with E-state index in [-0.39, 0.29) is 19.1 Å². The van der Waals surface area contributed by atoms with Crippen molar-refractivity contribution < 1.29 is 19.1 Å². The van der Waals surface area contributed by atoms with E-state index < -0.39 is 5.97 Å². The van der Waals surface area contributed by atoms with Crippen molar-refractivity contribution in [1.82, 2.24) is 0 Å². The minimum Gasteiger partial charge on any atom is -0.484 e. The lowest BCUT2D eigenvalue weighted by atomic mass is 10.0. The Kier molecular flexibility index (Phi) is 7.87. The molecule has 1 heterocycles. The summed E-state index contributed by atoms with van der Waals surface area (Å²) in [5, 5.41) is 5.12. The van der Waals surface area contributed by atoms with Crippen LogP contribution in [0.25, 0.3) is 11.1 Å². The Bertz CT molecular complexity index is 1080. The number of hydrogen-bond donors (Lipinski definition) is 1. The first-order valence-corrected chi connectivity index (χ1v) is 11.7. The van der Waals surface area contributed by atoms with E-state index in [1.165, 1.54) is 16.9 Å². The fraction of sp³-hybridized carbons (Fsp3) is 0.250. The molecule has 0 aliphatic rings. The van der Waals surface area contributed by atoms with Gasteiger partial charge < -0.3 is 14.8 Å². The topological polar surface area (TPSA) is 64.6 Å². The quantitative estimate of drug-likeness (QED) is 0.370. The fourth-order valence-corrected chi connectivity index (χ4v) is 4.23. The molecule has 162 valence electrons. The molecule has 31 heavy (non-hydrogen) atoms. The van der Waals surface area contributed by atoms with Crippen LogP contribution in [0.1, 0.15) is 35.3 Å². The van der Waals surface area contributed by atoms with Crippen molar-refractivity contribution in [3.05, 3.63) is 69.0 Å². The van der Waals surface area contributed by atoms with Gasteiger partial charge in [-0.1, -0.05) is 47.1 Å². The Morgan fingerprint density at radius 1 is 1.10 bits per heavy atom. The number of amides is 1. The number of rotatable bonds is 8. The maximum absolute atomic E-state index is 12.7. The summed E-state index contributed by atoms with van der Waals surface area (Å²) in [7, 11) is 0. The number of hydrogen-bond acceptors (Lipinski definition) is 5. The van der Waals surface area contributed by atoms with E-state index in [1.54, 1.807) is 13.0 Å². The lowest BCUT2D eigenvalue weighted by Gasteiger charge is -2.10. The molecule has 1 amide bonds. The van der Waals surface area contributed by atoms with Gasteiger partial charge in [-0.05, 0) is 55.2 Å². The summed E-state index contributed by atoms with van der Waals surface area (Å²) in [5.74, 6) is -0.205. The summed E-state index contributed by atoms with van der Waals surface area (Å²) < 4.78 is 11.8. The number of thiophene rings is 1. The van der Waals surface area contributed by atoms with Crippen molar-refractivity contribution >= 4 is 44.1 Å². The third-order valence-electron chi connectivity index (χ3n) is 4.70. The highest BCUT2D eigenvalue weighted by Gasteiger charge is 2.23. The molecule has 0 spiro atoms. The summed E-state index contributed by atoms with van der Waals surface area (Å²) in [6, 6.07) is 13.5. The van der Waals surface area contributed by atoms with E-state index in [2.05, 4.69) is 28.2 Å². The second-order valence-corrected chi connectivity index (χ2v) is 8.61. The second-order valence-electron chi connectivity index (χ2n) is 6.87. The van der Waals surface area contributed by atoms with Gasteiger partial charge in [0.25, 0.3) is 5.91 Å². The van der Waals surface area contributed by atoms with Gasteiger partial charge in [-0.3, -0.25) is 4.79 Å². The first-order chi connectivity index (χ1) is 14.9. The van der Waals surface area contributed by atoms with Crippen molar-refractivity contribution in [3.8, 4) is 16.9 Å². The molecule has 1 N–H and O–H groups in total. The molecule has 3 rings (SSSR count). The van der Waals surface area contributed by atoms with E-state index in [9.17, 15) is 9.59 Å². The van der Waals surface area contributed by atoms with E-state index in [0.29, 0.717) is 16.3 Å². The van der Waals surface area contributed by atoms with Gasteiger partial charge in [0.2, 0.25) is 0 Å². The monoisotopic (exact) mass is 501 g/mol. The number of carbonyl (C=O) groups is 2. The Hall–Kier alpha value is -2.64. The molecule has 2 aromatic carbocycles. The van der Waals surface area contributed by atoms with Crippen LogP contribution < -0.4 is 10.1 Å². The molecule has 0 aliphatic heterocycles. The molecule has 3 aromatic rings. The molecule has 0 atom stereocenters. The number of carbonyl (C=O) groups excluding carboxylic acids is 2. The van der Waals surface area contributed by atoms with Crippen molar-refractivity contribution in [3.63, 3.8) is 0 Å². The van der Waals surface area contributed by atoms with Crippen LogP contribution in [0.2, 0.25) is 0 Å². The SMILES string of the molecule is CCOC(=O)c1c(-c2ccc(CC)cc2)csc1NC(=O)COc1ccc(Br)c(C)c1. The summed E-state index contributed by atoms with van der Waals surface area (Å²) in [4.78, 5) is 25.2. The predicted molar refractivity (Wildman–Crippen MR) is 128 cm³/mol. The van der Waals surface area contributed by atoms with Crippen LogP contribution >= 0.6 is 27.3 Å². The van der Waals surface area contributed by atoms with Crippen LogP contribution in [-0.4, -0.2) is 25.1 Å². The molecule has 0 radical (unpaired) electrons. The lowest BCUT2D eigenvalue weighted by molar-refractivity contribution is -0.118. The van der Waals surface area contributed by atoms with Gasteiger partial charge in [-0.2, -0.15) is 0 Å². The number of aryl methyl sites for hydroxylation is 2. The second kappa shape index (κ2) is 10.6. The minimum atomic E-state index is -0.460. The largest absolute Gasteiger partial charge is 0.484 e. The van der Waals surface area contributed by atoms with Crippen molar-refractivity contribution in [2.45, 2.75) is 27.2 Å². The highest BCUT2D eigenvalue weighted by Crippen LogP contribution is 2.36. The third-order valence-corrected chi connectivity index (χ3v) is 6.48. The summed E-state index contributed by atoms with van der Waals surface area (Å²) >= 11 is 4.74. The summed E-state index contributed by atoms with van der Waals surface area (Å²) in [5.41, 5.74) is 4.23. The van der Waals surface area contributed by atoms with Gasteiger partial charge in [0.1, 0.15) is 16.3 Å². The smallest absolute Gasteiger partial charge is 0.341 e. The number of esters is 1. The zero-order valence-corrected chi connectivity index (χ0v) is 20.1. The van der Waals surface area contributed by atoms with Gasteiger partial charge in [0.05, 0.1) is 6.61 Å².